The van der Waals surface area contributed by atoms with E-state index in [9.17, 15) is 4.79 Å². The number of ketones is 1. The fraction of sp³-hybridized carbons (Fsp3) is 0.273. The molecule has 1 saturated heterocycles. The first kappa shape index (κ1) is 8.94. The summed E-state index contributed by atoms with van der Waals surface area (Å²) in [4.78, 5) is 11.3. The van der Waals surface area contributed by atoms with Crippen molar-refractivity contribution in [2.24, 2.45) is 0 Å². The van der Waals surface area contributed by atoms with Crippen LogP contribution in [0.5, 0.6) is 0 Å². The third-order valence-electron chi connectivity index (χ3n) is 2.41. The van der Waals surface area contributed by atoms with E-state index in [1.54, 1.807) is 0 Å². The second-order valence-electron chi connectivity index (χ2n) is 3.42. The van der Waals surface area contributed by atoms with Gasteiger partial charge < -0.3 is 0 Å². The van der Waals surface area contributed by atoms with Gasteiger partial charge in [0, 0.05) is 12.5 Å². The van der Waals surface area contributed by atoms with Crippen molar-refractivity contribution in [3.05, 3.63) is 35.9 Å². The predicted octanol–water partition coefficient (Wildman–Crippen LogP) is 0.594. The molecule has 0 aliphatic carbocycles. The Bertz CT molecular complexity index is 370. The maximum atomic E-state index is 11.3. The number of hydrogen-bond acceptors (Lipinski definition) is 2. The van der Waals surface area contributed by atoms with Gasteiger partial charge in [-0.2, -0.15) is 5.43 Å². The first-order valence-electron chi connectivity index (χ1n) is 4.72. The van der Waals surface area contributed by atoms with E-state index >= 15 is 0 Å². The minimum absolute atomic E-state index is 0.0600. The van der Waals surface area contributed by atoms with Crippen LogP contribution in [0.2, 0.25) is 0 Å². The molecule has 1 heterocycles. The summed E-state index contributed by atoms with van der Waals surface area (Å²) >= 11 is 0. The van der Waals surface area contributed by atoms with Gasteiger partial charge in [0.05, 0.1) is 0 Å². The number of hydrogen-bond donors (Lipinski definition) is 1. The van der Waals surface area contributed by atoms with Gasteiger partial charge in [0.15, 0.2) is 0 Å². The fourth-order valence-corrected chi connectivity index (χ4v) is 1.47. The Morgan fingerprint density at radius 3 is 2.71 bits per heavy atom. The molecule has 0 radical (unpaired) electrons. The Morgan fingerprint density at radius 2 is 2.14 bits per heavy atom. The van der Waals surface area contributed by atoms with E-state index in [1.807, 2.05) is 48.2 Å². The van der Waals surface area contributed by atoms with Gasteiger partial charge in [0.2, 0.25) is 18.0 Å². The van der Waals surface area contributed by atoms with E-state index in [4.69, 9.17) is 0 Å². The van der Waals surface area contributed by atoms with Crippen LogP contribution < -0.4 is 5.43 Å². The summed E-state index contributed by atoms with van der Waals surface area (Å²) in [6.07, 6.45) is 1.95. The molecule has 0 amide bonds. The molecule has 0 saturated carbocycles. The summed E-state index contributed by atoms with van der Waals surface area (Å²) in [5, 5.41) is 0. The Kier molecular flexibility index (Phi) is 2.31. The smallest absolute Gasteiger partial charge is 0.238 e. The number of benzene rings is 1. The van der Waals surface area contributed by atoms with Crippen LogP contribution in [-0.4, -0.2) is 29.3 Å². The highest BCUT2D eigenvalue weighted by Gasteiger charge is 2.31. The second kappa shape index (κ2) is 3.62. The Morgan fingerprint density at radius 1 is 1.43 bits per heavy atom. The SMILES string of the molecule is C[C@@H]1C(=O)CN/[N+]1=C\c1ccccc1. The van der Waals surface area contributed by atoms with Gasteiger partial charge in [-0.25, -0.2) is 0 Å². The molecule has 1 N–H and O–H groups in total. The van der Waals surface area contributed by atoms with Crippen LogP contribution in [0.25, 0.3) is 0 Å². The minimum Gasteiger partial charge on any atom is -0.290 e. The van der Waals surface area contributed by atoms with Crippen molar-refractivity contribution in [1.82, 2.24) is 5.43 Å². The van der Waals surface area contributed by atoms with Gasteiger partial charge in [-0.1, -0.05) is 18.2 Å². The van der Waals surface area contributed by atoms with Crippen LogP contribution in [0.1, 0.15) is 12.5 Å². The van der Waals surface area contributed by atoms with E-state index in [-0.39, 0.29) is 11.8 Å². The molecule has 3 heteroatoms. The lowest BCUT2D eigenvalue weighted by Crippen LogP contribution is -2.27. The van der Waals surface area contributed by atoms with Crippen molar-refractivity contribution in [2.75, 3.05) is 6.54 Å². The van der Waals surface area contributed by atoms with Crippen LogP contribution in [0.3, 0.4) is 0 Å². The molecular weight excluding hydrogens is 176 g/mol. The minimum atomic E-state index is -0.0600. The fourth-order valence-electron chi connectivity index (χ4n) is 1.47. The molecule has 14 heavy (non-hydrogen) atoms. The normalized spacial score (nSPS) is 23.9. The van der Waals surface area contributed by atoms with Crippen LogP contribution in [0.4, 0.5) is 0 Å². The number of nitrogens with zero attached hydrogens (tertiary/aromatic N) is 1. The molecule has 0 bridgehead atoms. The van der Waals surface area contributed by atoms with Crippen LogP contribution >= 0.6 is 0 Å². The van der Waals surface area contributed by atoms with Crippen LogP contribution in [0, 0.1) is 0 Å². The summed E-state index contributed by atoms with van der Waals surface area (Å²) in [6.45, 7) is 2.34. The lowest BCUT2D eigenvalue weighted by atomic mass is 10.2. The van der Waals surface area contributed by atoms with Crippen molar-refractivity contribution >= 4 is 12.0 Å². The number of Topliss-reactive ketones (excluding diaryl/α,β-unsaturated/α-hetero) is 1. The first-order valence-corrected chi connectivity index (χ1v) is 4.72. The molecule has 1 fully saturated rings. The molecule has 3 nitrogen and oxygen atoms in total. The highest BCUT2D eigenvalue weighted by molar-refractivity contribution is 5.87. The molecular formula is C11H13N2O+. The van der Waals surface area contributed by atoms with Gasteiger partial charge in [0.1, 0.15) is 6.54 Å². The summed E-state index contributed by atoms with van der Waals surface area (Å²) < 4.78 is 1.86. The topological polar surface area (TPSA) is 32.1 Å². The highest BCUT2D eigenvalue weighted by atomic mass is 16.1. The maximum Gasteiger partial charge on any atom is 0.238 e. The largest absolute Gasteiger partial charge is 0.290 e. The third kappa shape index (κ3) is 1.66. The Balaban J connectivity index is 2.24. The second-order valence-corrected chi connectivity index (χ2v) is 3.42. The summed E-state index contributed by atoms with van der Waals surface area (Å²) in [7, 11) is 0. The number of hydrazone groups is 1. The Hall–Kier alpha value is -1.64. The molecule has 0 spiro atoms. The van der Waals surface area contributed by atoms with Gasteiger partial charge in [-0.15, -0.1) is 4.68 Å². The molecule has 2 rings (SSSR count). The number of hydrazine groups is 1. The maximum absolute atomic E-state index is 11.3. The van der Waals surface area contributed by atoms with E-state index in [0.717, 1.165) is 5.56 Å². The standard InChI is InChI=1S/C11H13N2O/c1-9-11(14)7-12-13(9)8-10-5-3-2-4-6-10/h2-6,8-9,12H,7H2,1H3/q+1/b13-8-/t9-/m1/s1. The highest BCUT2D eigenvalue weighted by Crippen LogP contribution is 2.00. The molecule has 1 aliphatic rings. The van der Waals surface area contributed by atoms with E-state index in [1.165, 1.54) is 0 Å². The lowest BCUT2D eigenvalue weighted by Gasteiger charge is -1.96. The number of nitrogens with one attached hydrogen (secondary N) is 1. The zero-order valence-corrected chi connectivity index (χ0v) is 8.10. The summed E-state index contributed by atoms with van der Waals surface area (Å²) in [5.41, 5.74) is 4.13. The van der Waals surface area contributed by atoms with Crippen molar-refractivity contribution < 1.29 is 9.48 Å². The Labute approximate surface area is 83.0 Å². The van der Waals surface area contributed by atoms with Gasteiger partial charge >= 0.3 is 0 Å². The van der Waals surface area contributed by atoms with Crippen LogP contribution in [-0.2, 0) is 4.79 Å². The average Bonchev–Trinajstić information content (AvgIpc) is 2.52. The molecule has 1 atom stereocenters. The zero-order chi connectivity index (χ0) is 9.97. The monoisotopic (exact) mass is 189 g/mol. The molecule has 0 unspecified atom stereocenters. The molecule has 72 valence electrons. The van der Waals surface area contributed by atoms with E-state index < -0.39 is 0 Å². The number of carbonyl (C=O) groups excluding carboxylic acids is 1. The van der Waals surface area contributed by atoms with Crippen molar-refractivity contribution in [3.8, 4) is 0 Å². The molecule has 0 aromatic heterocycles. The molecule has 1 aliphatic heterocycles. The van der Waals surface area contributed by atoms with E-state index in [0.29, 0.717) is 6.54 Å². The van der Waals surface area contributed by atoms with Crippen LogP contribution in [0.15, 0.2) is 30.3 Å². The molecule has 1 aromatic carbocycles. The number of rotatable bonds is 1. The van der Waals surface area contributed by atoms with Gasteiger partial charge in [-0.05, 0) is 12.1 Å². The quantitative estimate of drug-likeness (QED) is 0.656. The first-order chi connectivity index (χ1) is 6.77. The average molecular weight is 189 g/mol. The predicted molar refractivity (Wildman–Crippen MR) is 54.3 cm³/mol. The third-order valence-corrected chi connectivity index (χ3v) is 2.41. The summed E-state index contributed by atoms with van der Waals surface area (Å²) in [5.74, 6) is 0.234. The van der Waals surface area contributed by atoms with Crippen molar-refractivity contribution in [1.29, 1.82) is 0 Å². The molecule has 1 aromatic rings. The van der Waals surface area contributed by atoms with E-state index in [2.05, 4.69) is 5.43 Å². The summed E-state index contributed by atoms with van der Waals surface area (Å²) in [6, 6.07) is 9.90. The van der Waals surface area contributed by atoms with Crippen molar-refractivity contribution in [2.45, 2.75) is 13.0 Å². The number of carbonyl (C=O) groups is 1. The zero-order valence-electron chi connectivity index (χ0n) is 8.10. The lowest BCUT2D eigenvalue weighted by molar-refractivity contribution is -0.585. The van der Waals surface area contributed by atoms with Crippen molar-refractivity contribution in [3.63, 3.8) is 0 Å². The van der Waals surface area contributed by atoms with Gasteiger partial charge in [0.25, 0.3) is 0 Å². The van der Waals surface area contributed by atoms with Gasteiger partial charge in [-0.3, -0.25) is 4.79 Å².